The minimum Gasteiger partial charge on any atom is -0.309 e. The van der Waals surface area contributed by atoms with Gasteiger partial charge in [0.15, 0.2) is 0 Å². The lowest BCUT2D eigenvalue weighted by Gasteiger charge is -2.19. The van der Waals surface area contributed by atoms with Crippen LogP contribution in [0.3, 0.4) is 0 Å². The molecule has 18 heavy (non-hydrogen) atoms. The molecule has 1 atom stereocenters. The van der Waals surface area contributed by atoms with Gasteiger partial charge in [-0.1, -0.05) is 6.07 Å². The van der Waals surface area contributed by atoms with E-state index in [1.807, 2.05) is 0 Å². The Morgan fingerprint density at radius 2 is 1.78 bits per heavy atom. The van der Waals surface area contributed by atoms with Crippen molar-refractivity contribution in [2.24, 2.45) is 0 Å². The molecule has 1 N–H and O–H groups in total. The van der Waals surface area contributed by atoms with Gasteiger partial charge in [0.1, 0.15) is 11.6 Å². The van der Waals surface area contributed by atoms with Crippen LogP contribution in [-0.2, 0) is 0 Å². The summed E-state index contributed by atoms with van der Waals surface area (Å²) in [6.07, 6.45) is 3.20. The minimum absolute atomic E-state index is 0.0451. The van der Waals surface area contributed by atoms with E-state index in [-0.39, 0.29) is 5.56 Å². The second-order valence-corrected chi connectivity index (χ2v) is 4.09. The zero-order chi connectivity index (χ0) is 13.1. The predicted molar refractivity (Wildman–Crippen MR) is 66.2 cm³/mol. The predicted octanol–water partition coefficient (Wildman–Crippen LogP) is 2.98. The molecule has 4 heteroatoms. The fourth-order valence-electron chi connectivity index (χ4n) is 1.98. The monoisotopic (exact) mass is 248 g/mol. The average Bonchev–Trinajstić information content (AvgIpc) is 2.40. The highest BCUT2D eigenvalue weighted by molar-refractivity contribution is 5.35. The van der Waals surface area contributed by atoms with Crippen LogP contribution < -0.4 is 5.32 Å². The van der Waals surface area contributed by atoms with Crippen molar-refractivity contribution in [3.05, 3.63) is 65.0 Å². The van der Waals surface area contributed by atoms with E-state index in [2.05, 4.69) is 10.3 Å². The second-order valence-electron chi connectivity index (χ2n) is 4.09. The number of pyridine rings is 1. The number of nitrogens with one attached hydrogen (secondary N) is 1. The molecule has 1 aromatic heterocycles. The van der Waals surface area contributed by atoms with Gasteiger partial charge in [0.2, 0.25) is 0 Å². The summed E-state index contributed by atoms with van der Waals surface area (Å²) in [5.41, 5.74) is 1.25. The number of aromatic nitrogens is 1. The number of nitrogens with zero attached hydrogens (tertiary/aromatic N) is 1. The molecule has 0 aliphatic heterocycles. The lowest BCUT2D eigenvalue weighted by atomic mass is 9.97. The standard InChI is InChI=1S/C14H14F2N2/c1-9-3-4-11(15)12(13(9)16)14(17-2)10-5-7-18-8-6-10/h3-8,14,17H,1-2H3. The van der Waals surface area contributed by atoms with Crippen LogP contribution in [0.5, 0.6) is 0 Å². The molecular weight excluding hydrogens is 234 g/mol. The van der Waals surface area contributed by atoms with E-state index in [1.165, 1.54) is 12.1 Å². The van der Waals surface area contributed by atoms with E-state index < -0.39 is 17.7 Å². The molecule has 2 aromatic rings. The van der Waals surface area contributed by atoms with Crippen molar-refractivity contribution in [2.45, 2.75) is 13.0 Å². The Balaban J connectivity index is 2.56. The molecule has 0 bridgehead atoms. The lowest BCUT2D eigenvalue weighted by Crippen LogP contribution is -2.21. The normalized spacial score (nSPS) is 12.4. The Labute approximate surface area is 105 Å². The average molecular weight is 248 g/mol. The van der Waals surface area contributed by atoms with Crippen molar-refractivity contribution in [3.63, 3.8) is 0 Å². The summed E-state index contributed by atoms with van der Waals surface area (Å²) in [4.78, 5) is 3.90. The van der Waals surface area contributed by atoms with Crippen molar-refractivity contribution < 1.29 is 8.78 Å². The van der Waals surface area contributed by atoms with Gasteiger partial charge in [-0.15, -0.1) is 0 Å². The zero-order valence-corrected chi connectivity index (χ0v) is 10.2. The van der Waals surface area contributed by atoms with E-state index in [0.717, 1.165) is 5.56 Å². The Morgan fingerprint density at radius 1 is 1.11 bits per heavy atom. The zero-order valence-electron chi connectivity index (χ0n) is 10.2. The van der Waals surface area contributed by atoms with Gasteiger partial charge in [-0.2, -0.15) is 0 Å². The summed E-state index contributed by atoms with van der Waals surface area (Å²) < 4.78 is 27.9. The molecule has 0 saturated carbocycles. The van der Waals surface area contributed by atoms with Crippen LogP contribution in [0.1, 0.15) is 22.7 Å². The van der Waals surface area contributed by atoms with Crippen molar-refractivity contribution in [2.75, 3.05) is 7.05 Å². The SMILES string of the molecule is CNC(c1ccncc1)c1c(F)ccc(C)c1F. The highest BCUT2D eigenvalue weighted by atomic mass is 19.1. The van der Waals surface area contributed by atoms with Crippen LogP contribution in [0.2, 0.25) is 0 Å². The molecule has 0 amide bonds. The van der Waals surface area contributed by atoms with Gasteiger partial charge in [-0.3, -0.25) is 4.98 Å². The van der Waals surface area contributed by atoms with Gasteiger partial charge < -0.3 is 5.32 Å². The summed E-state index contributed by atoms with van der Waals surface area (Å²) in [5, 5.41) is 2.94. The fourth-order valence-corrected chi connectivity index (χ4v) is 1.98. The van der Waals surface area contributed by atoms with E-state index in [0.29, 0.717) is 5.56 Å². The first-order valence-corrected chi connectivity index (χ1v) is 5.67. The molecule has 0 fully saturated rings. The van der Waals surface area contributed by atoms with Crippen molar-refractivity contribution in [1.29, 1.82) is 0 Å². The first-order chi connectivity index (χ1) is 8.65. The molecule has 0 spiro atoms. The summed E-state index contributed by atoms with van der Waals surface area (Å²) in [5.74, 6) is -1.06. The minimum atomic E-state index is -0.547. The van der Waals surface area contributed by atoms with Gasteiger partial charge in [-0.25, -0.2) is 8.78 Å². The van der Waals surface area contributed by atoms with Gasteiger partial charge in [0.25, 0.3) is 0 Å². The molecule has 0 aliphatic rings. The van der Waals surface area contributed by atoms with Gasteiger partial charge in [0, 0.05) is 18.0 Å². The third-order valence-corrected chi connectivity index (χ3v) is 2.94. The summed E-state index contributed by atoms with van der Waals surface area (Å²) >= 11 is 0. The first-order valence-electron chi connectivity index (χ1n) is 5.67. The number of aryl methyl sites for hydroxylation is 1. The van der Waals surface area contributed by atoms with Crippen molar-refractivity contribution in [3.8, 4) is 0 Å². The maximum absolute atomic E-state index is 14.1. The smallest absolute Gasteiger partial charge is 0.134 e. The van der Waals surface area contributed by atoms with E-state index in [1.54, 1.807) is 38.5 Å². The molecule has 0 aliphatic carbocycles. The van der Waals surface area contributed by atoms with E-state index in [4.69, 9.17) is 0 Å². The molecule has 0 saturated heterocycles. The Hall–Kier alpha value is -1.81. The molecule has 1 aromatic carbocycles. The van der Waals surface area contributed by atoms with Crippen LogP contribution in [0, 0.1) is 18.6 Å². The Bertz CT molecular complexity index is 541. The summed E-state index contributed by atoms with van der Waals surface area (Å²) in [7, 11) is 1.67. The fraction of sp³-hybridized carbons (Fsp3) is 0.214. The van der Waals surface area contributed by atoms with Crippen LogP contribution in [0.4, 0.5) is 8.78 Å². The Kier molecular flexibility index (Phi) is 3.67. The van der Waals surface area contributed by atoms with E-state index >= 15 is 0 Å². The molecule has 94 valence electrons. The van der Waals surface area contributed by atoms with Crippen molar-refractivity contribution >= 4 is 0 Å². The van der Waals surface area contributed by atoms with Crippen LogP contribution in [-0.4, -0.2) is 12.0 Å². The largest absolute Gasteiger partial charge is 0.309 e. The number of halogens is 2. The summed E-state index contributed by atoms with van der Waals surface area (Å²) in [6, 6.07) is 5.69. The highest BCUT2D eigenvalue weighted by Gasteiger charge is 2.21. The molecule has 0 radical (unpaired) electrons. The van der Waals surface area contributed by atoms with Gasteiger partial charge in [-0.05, 0) is 43.3 Å². The molecular formula is C14H14F2N2. The highest BCUT2D eigenvalue weighted by Crippen LogP contribution is 2.27. The molecule has 1 unspecified atom stereocenters. The Morgan fingerprint density at radius 3 is 2.39 bits per heavy atom. The van der Waals surface area contributed by atoms with Crippen LogP contribution in [0.25, 0.3) is 0 Å². The molecule has 1 heterocycles. The number of rotatable bonds is 3. The maximum atomic E-state index is 14.1. The number of hydrogen-bond acceptors (Lipinski definition) is 2. The number of hydrogen-bond donors (Lipinski definition) is 1. The van der Waals surface area contributed by atoms with Gasteiger partial charge >= 0.3 is 0 Å². The quantitative estimate of drug-likeness (QED) is 0.903. The topological polar surface area (TPSA) is 24.9 Å². The molecule has 2 rings (SSSR count). The lowest BCUT2D eigenvalue weighted by molar-refractivity contribution is 0.517. The maximum Gasteiger partial charge on any atom is 0.134 e. The second kappa shape index (κ2) is 5.23. The molecule has 2 nitrogen and oxygen atoms in total. The first kappa shape index (κ1) is 12.6. The third-order valence-electron chi connectivity index (χ3n) is 2.94. The van der Waals surface area contributed by atoms with Crippen LogP contribution in [0.15, 0.2) is 36.7 Å². The summed E-state index contributed by atoms with van der Waals surface area (Å²) in [6.45, 7) is 1.62. The third kappa shape index (κ3) is 2.24. The number of benzene rings is 1. The van der Waals surface area contributed by atoms with E-state index in [9.17, 15) is 8.78 Å². The van der Waals surface area contributed by atoms with Crippen molar-refractivity contribution in [1.82, 2.24) is 10.3 Å². The van der Waals surface area contributed by atoms with Crippen LogP contribution >= 0.6 is 0 Å². The van der Waals surface area contributed by atoms with Gasteiger partial charge in [0.05, 0.1) is 6.04 Å².